The molecule has 0 aliphatic rings. The molecule has 1 N–H and O–H groups in total. The smallest absolute Gasteiger partial charge is 0.328 e. The van der Waals surface area contributed by atoms with Crippen LogP contribution in [0.4, 0.5) is 0 Å². The van der Waals surface area contributed by atoms with Crippen LogP contribution in [0.2, 0.25) is 0 Å². The van der Waals surface area contributed by atoms with Crippen molar-refractivity contribution >= 4 is 27.8 Å². The molecule has 0 saturated heterocycles. The van der Waals surface area contributed by atoms with E-state index in [0.717, 1.165) is 0 Å². The minimum absolute atomic E-state index is 0.00450. The Kier molecular flexibility index (Phi) is 7.43. The fourth-order valence-electron chi connectivity index (χ4n) is 1.27. The lowest BCUT2D eigenvalue weighted by atomic mass is 10.0. The summed E-state index contributed by atoms with van der Waals surface area (Å²) in [4.78, 5) is 23.2. The van der Waals surface area contributed by atoms with Crippen molar-refractivity contribution in [1.29, 1.82) is 0 Å². The fourth-order valence-corrected chi connectivity index (χ4v) is 1.40. The van der Waals surface area contributed by atoms with E-state index in [1.807, 2.05) is 27.7 Å². The second-order valence-corrected chi connectivity index (χ2v) is 5.61. The van der Waals surface area contributed by atoms with E-state index >= 15 is 0 Å². The van der Waals surface area contributed by atoms with E-state index in [1.165, 1.54) is 0 Å². The van der Waals surface area contributed by atoms with Gasteiger partial charge in [0.1, 0.15) is 6.04 Å². The molecule has 4 nitrogen and oxygen atoms in total. The number of halogens is 1. The van der Waals surface area contributed by atoms with Crippen molar-refractivity contribution in [2.75, 3.05) is 6.61 Å². The van der Waals surface area contributed by atoms with Crippen molar-refractivity contribution in [1.82, 2.24) is 5.32 Å². The largest absolute Gasteiger partial charge is 0.464 e. The summed E-state index contributed by atoms with van der Waals surface area (Å²) in [6.45, 7) is 9.70. The number of alkyl halides is 1. The number of ether oxygens (including phenoxy) is 1. The van der Waals surface area contributed by atoms with E-state index in [9.17, 15) is 9.59 Å². The predicted octanol–water partition coefficient (Wildman–Crippen LogP) is 2.11. The number of esters is 1. The summed E-state index contributed by atoms with van der Waals surface area (Å²) >= 11 is 3.31. The summed E-state index contributed by atoms with van der Waals surface area (Å²) in [5, 5.41) is 2.72. The van der Waals surface area contributed by atoms with Crippen molar-refractivity contribution in [3.63, 3.8) is 0 Å². The minimum Gasteiger partial charge on any atom is -0.464 e. The van der Waals surface area contributed by atoms with E-state index in [2.05, 4.69) is 21.2 Å². The quantitative estimate of drug-likeness (QED) is 0.604. The molecule has 0 aromatic carbocycles. The molecule has 5 heteroatoms. The van der Waals surface area contributed by atoms with Gasteiger partial charge in [-0.3, -0.25) is 4.79 Å². The van der Waals surface area contributed by atoms with Gasteiger partial charge in [-0.25, -0.2) is 4.79 Å². The fraction of sp³-hybridized carbons (Fsp3) is 0.833. The molecule has 0 spiro atoms. The van der Waals surface area contributed by atoms with Crippen molar-refractivity contribution < 1.29 is 14.3 Å². The van der Waals surface area contributed by atoms with Crippen LogP contribution in [0.1, 0.15) is 34.6 Å². The van der Waals surface area contributed by atoms with E-state index < -0.39 is 6.04 Å². The minimum atomic E-state index is -0.582. The van der Waals surface area contributed by atoms with E-state index in [0.29, 0.717) is 6.61 Å². The summed E-state index contributed by atoms with van der Waals surface area (Å²) in [5.74, 6) is -0.374. The van der Waals surface area contributed by atoms with Crippen LogP contribution < -0.4 is 5.32 Å². The Morgan fingerprint density at radius 2 is 1.71 bits per heavy atom. The third-order valence-electron chi connectivity index (χ3n) is 2.34. The lowest BCUT2D eigenvalue weighted by Crippen LogP contribution is -2.48. The lowest BCUT2D eigenvalue weighted by molar-refractivity contribution is -0.148. The Labute approximate surface area is 112 Å². The Balaban J connectivity index is 4.55. The summed E-state index contributed by atoms with van der Waals surface area (Å²) in [6.07, 6.45) is 0. The Morgan fingerprint density at radius 3 is 2.06 bits per heavy atom. The highest BCUT2D eigenvalue weighted by Crippen LogP contribution is 2.13. The van der Waals surface area contributed by atoms with Gasteiger partial charge in [-0.15, -0.1) is 0 Å². The molecule has 0 saturated carbocycles. The molecule has 0 radical (unpaired) electrons. The number of carbonyl (C=O) groups excluding carboxylic acids is 2. The maximum atomic E-state index is 11.8. The average molecular weight is 308 g/mol. The number of nitrogens with one attached hydrogen (secondary N) is 1. The van der Waals surface area contributed by atoms with E-state index in [-0.39, 0.29) is 28.5 Å². The third-order valence-corrected chi connectivity index (χ3v) is 3.81. The van der Waals surface area contributed by atoms with Crippen LogP contribution in [-0.4, -0.2) is 29.4 Å². The maximum absolute atomic E-state index is 11.8. The summed E-state index contributed by atoms with van der Waals surface area (Å²) in [5.41, 5.74) is 0. The Hall–Kier alpha value is -0.580. The molecular formula is C12H22BrNO3. The molecule has 100 valence electrons. The van der Waals surface area contributed by atoms with Crippen LogP contribution in [0.25, 0.3) is 0 Å². The molecular weight excluding hydrogens is 286 g/mol. The van der Waals surface area contributed by atoms with Crippen molar-refractivity contribution in [3.05, 3.63) is 0 Å². The van der Waals surface area contributed by atoms with Gasteiger partial charge in [-0.05, 0) is 18.8 Å². The van der Waals surface area contributed by atoms with E-state index in [4.69, 9.17) is 4.74 Å². The third kappa shape index (κ3) is 5.52. The van der Waals surface area contributed by atoms with Crippen molar-refractivity contribution in [3.8, 4) is 0 Å². The zero-order valence-electron chi connectivity index (χ0n) is 11.1. The molecule has 0 rings (SSSR count). The van der Waals surface area contributed by atoms with Crippen LogP contribution >= 0.6 is 15.9 Å². The highest BCUT2D eigenvalue weighted by atomic mass is 79.9. The normalized spacial score (nSPS) is 14.6. The van der Waals surface area contributed by atoms with Crippen molar-refractivity contribution in [2.24, 2.45) is 11.8 Å². The first-order valence-electron chi connectivity index (χ1n) is 5.92. The van der Waals surface area contributed by atoms with Gasteiger partial charge in [-0.1, -0.05) is 43.6 Å². The Bertz CT molecular complexity index is 266. The molecule has 0 heterocycles. The molecule has 0 fully saturated rings. The van der Waals surface area contributed by atoms with Gasteiger partial charge >= 0.3 is 5.97 Å². The Morgan fingerprint density at radius 1 is 1.18 bits per heavy atom. The molecule has 0 aromatic rings. The summed E-state index contributed by atoms with van der Waals surface area (Å²) in [6, 6.07) is -0.582. The zero-order valence-corrected chi connectivity index (χ0v) is 12.7. The number of hydrogen-bond donors (Lipinski definition) is 1. The number of amides is 1. The van der Waals surface area contributed by atoms with Crippen molar-refractivity contribution in [2.45, 2.75) is 45.5 Å². The van der Waals surface area contributed by atoms with Gasteiger partial charge in [0.2, 0.25) is 5.91 Å². The monoisotopic (exact) mass is 307 g/mol. The molecule has 2 atom stereocenters. The molecule has 0 aromatic heterocycles. The number of carbonyl (C=O) groups is 2. The number of hydrogen-bond acceptors (Lipinski definition) is 3. The van der Waals surface area contributed by atoms with Gasteiger partial charge in [0.05, 0.1) is 11.4 Å². The SMILES string of the molecule is CCOC(=O)[C@H](NC(=O)C(Br)C(C)C)C(C)C. The molecule has 17 heavy (non-hydrogen) atoms. The second-order valence-electron chi connectivity index (χ2n) is 4.63. The molecule has 1 amide bonds. The highest BCUT2D eigenvalue weighted by Gasteiger charge is 2.28. The van der Waals surface area contributed by atoms with Crippen LogP contribution in [-0.2, 0) is 14.3 Å². The first-order chi connectivity index (χ1) is 7.81. The first kappa shape index (κ1) is 16.4. The van der Waals surface area contributed by atoms with Gasteiger partial charge < -0.3 is 10.1 Å². The van der Waals surface area contributed by atoms with Gasteiger partial charge in [0, 0.05) is 0 Å². The van der Waals surface area contributed by atoms with E-state index in [1.54, 1.807) is 6.92 Å². The topological polar surface area (TPSA) is 55.4 Å². The summed E-state index contributed by atoms with van der Waals surface area (Å²) < 4.78 is 4.94. The number of rotatable bonds is 6. The van der Waals surface area contributed by atoms with Crippen LogP contribution in [0.3, 0.4) is 0 Å². The van der Waals surface area contributed by atoms with Crippen LogP contribution in [0.15, 0.2) is 0 Å². The lowest BCUT2D eigenvalue weighted by Gasteiger charge is -2.23. The van der Waals surface area contributed by atoms with Crippen LogP contribution in [0.5, 0.6) is 0 Å². The molecule has 0 aliphatic heterocycles. The predicted molar refractivity (Wildman–Crippen MR) is 71.0 cm³/mol. The second kappa shape index (κ2) is 7.69. The van der Waals surface area contributed by atoms with Gasteiger partial charge in [-0.2, -0.15) is 0 Å². The first-order valence-corrected chi connectivity index (χ1v) is 6.83. The van der Waals surface area contributed by atoms with Gasteiger partial charge in [0.25, 0.3) is 0 Å². The molecule has 1 unspecified atom stereocenters. The average Bonchev–Trinajstić information content (AvgIpc) is 2.23. The standard InChI is InChI=1S/C12H22BrNO3/c1-6-17-12(16)10(8(4)5)14-11(15)9(13)7(2)3/h7-10H,6H2,1-5H3,(H,14,15)/t9?,10-/m1/s1. The zero-order chi connectivity index (χ0) is 13.6. The molecule has 0 aliphatic carbocycles. The highest BCUT2D eigenvalue weighted by molar-refractivity contribution is 9.10. The maximum Gasteiger partial charge on any atom is 0.328 e. The van der Waals surface area contributed by atoms with Gasteiger partial charge in [0.15, 0.2) is 0 Å². The summed E-state index contributed by atoms with van der Waals surface area (Å²) in [7, 11) is 0. The van der Waals surface area contributed by atoms with Crippen LogP contribution in [0, 0.1) is 11.8 Å². The molecule has 0 bridgehead atoms.